The fourth-order valence-electron chi connectivity index (χ4n) is 1.81. The first-order valence-electron chi connectivity index (χ1n) is 5.46. The fourth-order valence-corrected chi connectivity index (χ4v) is 2.68. The van der Waals surface area contributed by atoms with Crippen LogP contribution in [-0.4, -0.2) is 0 Å². The predicted octanol–water partition coefficient (Wildman–Crippen LogP) is 3.47. The van der Waals surface area contributed by atoms with E-state index in [0.29, 0.717) is 0 Å². The van der Waals surface area contributed by atoms with Gasteiger partial charge in [0.05, 0.1) is 0 Å². The normalized spacial score (nSPS) is 14.7. The van der Waals surface area contributed by atoms with Gasteiger partial charge in [0, 0.05) is 16.8 Å². The lowest BCUT2D eigenvalue weighted by molar-refractivity contribution is 0.495. The van der Waals surface area contributed by atoms with Crippen LogP contribution in [0.15, 0.2) is 41.8 Å². The van der Waals surface area contributed by atoms with E-state index in [0.717, 1.165) is 6.42 Å². The van der Waals surface area contributed by atoms with Crippen molar-refractivity contribution in [1.29, 1.82) is 0 Å². The monoisotopic (exact) mass is 231 g/mol. The summed E-state index contributed by atoms with van der Waals surface area (Å²) < 4.78 is 0. The Balaban J connectivity index is 2.21. The highest BCUT2D eigenvalue weighted by atomic mass is 32.1. The fraction of sp³-hybridized carbons (Fsp3) is 0.286. The maximum Gasteiger partial charge on any atom is 0.0429 e. The van der Waals surface area contributed by atoms with Gasteiger partial charge in [0.2, 0.25) is 0 Å². The van der Waals surface area contributed by atoms with Crippen molar-refractivity contribution < 1.29 is 0 Å². The van der Waals surface area contributed by atoms with Crippen molar-refractivity contribution in [2.45, 2.75) is 25.8 Å². The molecule has 2 heteroatoms. The molecule has 2 N–H and O–H groups in total. The van der Waals surface area contributed by atoms with Gasteiger partial charge in [0.1, 0.15) is 0 Å². The van der Waals surface area contributed by atoms with E-state index in [9.17, 15) is 0 Å². The lowest BCUT2D eigenvalue weighted by atomic mass is 9.89. The molecule has 0 aliphatic carbocycles. The van der Waals surface area contributed by atoms with Crippen LogP contribution in [0, 0.1) is 6.92 Å². The standard InChI is InChI=1S/C14H17NS/c1-11-5-7-12(8-6-11)14(2,15)10-13-4-3-9-16-13/h3-9H,10,15H2,1-2H3. The van der Waals surface area contributed by atoms with Crippen molar-refractivity contribution in [2.24, 2.45) is 5.73 Å². The Kier molecular flexibility index (Phi) is 3.13. The van der Waals surface area contributed by atoms with Gasteiger partial charge < -0.3 is 5.73 Å². The van der Waals surface area contributed by atoms with Crippen molar-refractivity contribution in [3.8, 4) is 0 Å². The highest BCUT2D eigenvalue weighted by molar-refractivity contribution is 7.09. The molecule has 1 heterocycles. The van der Waals surface area contributed by atoms with E-state index in [1.165, 1.54) is 16.0 Å². The molecule has 1 unspecified atom stereocenters. The Morgan fingerprint density at radius 1 is 1.19 bits per heavy atom. The molecule has 0 bridgehead atoms. The minimum absolute atomic E-state index is 0.279. The summed E-state index contributed by atoms with van der Waals surface area (Å²) in [5, 5.41) is 2.10. The average Bonchev–Trinajstić information content (AvgIpc) is 2.70. The molecule has 2 aromatic rings. The molecule has 0 spiro atoms. The first-order valence-corrected chi connectivity index (χ1v) is 6.34. The van der Waals surface area contributed by atoms with Gasteiger partial charge in [0.25, 0.3) is 0 Å². The zero-order chi connectivity index (χ0) is 11.6. The van der Waals surface area contributed by atoms with Gasteiger partial charge in [-0.1, -0.05) is 35.9 Å². The second-order valence-corrected chi connectivity index (χ2v) is 5.57. The summed E-state index contributed by atoms with van der Waals surface area (Å²) in [5.41, 5.74) is 8.58. The zero-order valence-electron chi connectivity index (χ0n) is 9.73. The summed E-state index contributed by atoms with van der Waals surface area (Å²) in [6.07, 6.45) is 0.897. The van der Waals surface area contributed by atoms with Crippen molar-refractivity contribution in [1.82, 2.24) is 0 Å². The molecule has 0 saturated heterocycles. The molecule has 0 aliphatic rings. The average molecular weight is 231 g/mol. The third-order valence-corrected chi connectivity index (χ3v) is 3.71. The minimum atomic E-state index is -0.279. The van der Waals surface area contributed by atoms with Gasteiger partial charge in [0.15, 0.2) is 0 Å². The summed E-state index contributed by atoms with van der Waals surface area (Å²) in [4.78, 5) is 1.34. The summed E-state index contributed by atoms with van der Waals surface area (Å²) in [6.45, 7) is 4.19. The predicted molar refractivity (Wildman–Crippen MR) is 70.7 cm³/mol. The molecular formula is C14H17NS. The Hall–Kier alpha value is -1.12. The molecule has 1 aromatic heterocycles. The van der Waals surface area contributed by atoms with Gasteiger partial charge in [-0.05, 0) is 30.9 Å². The summed E-state index contributed by atoms with van der Waals surface area (Å²) in [7, 11) is 0. The van der Waals surface area contributed by atoms with Crippen molar-refractivity contribution in [3.05, 3.63) is 57.8 Å². The molecule has 0 amide bonds. The third kappa shape index (κ3) is 2.52. The molecular weight excluding hydrogens is 214 g/mol. The largest absolute Gasteiger partial charge is 0.321 e. The van der Waals surface area contributed by atoms with Gasteiger partial charge in [-0.2, -0.15) is 0 Å². The van der Waals surface area contributed by atoms with E-state index < -0.39 is 0 Å². The Morgan fingerprint density at radius 3 is 2.44 bits per heavy atom. The van der Waals surface area contributed by atoms with Gasteiger partial charge in [-0.15, -0.1) is 11.3 Å². The Bertz CT molecular complexity index is 440. The quantitative estimate of drug-likeness (QED) is 0.860. The number of benzene rings is 1. The van der Waals surface area contributed by atoms with E-state index in [1.807, 2.05) is 0 Å². The van der Waals surface area contributed by atoms with Gasteiger partial charge >= 0.3 is 0 Å². The van der Waals surface area contributed by atoms with Crippen molar-refractivity contribution >= 4 is 11.3 Å². The van der Waals surface area contributed by atoms with E-state index in [1.54, 1.807) is 11.3 Å². The summed E-state index contributed by atoms with van der Waals surface area (Å²) >= 11 is 1.77. The van der Waals surface area contributed by atoms with Crippen LogP contribution < -0.4 is 5.73 Å². The Morgan fingerprint density at radius 2 is 1.88 bits per heavy atom. The SMILES string of the molecule is Cc1ccc(C(C)(N)Cc2cccs2)cc1. The summed E-state index contributed by atoms with van der Waals surface area (Å²) in [5.74, 6) is 0. The highest BCUT2D eigenvalue weighted by Gasteiger charge is 2.21. The number of hydrogen-bond acceptors (Lipinski definition) is 2. The topological polar surface area (TPSA) is 26.0 Å². The van der Waals surface area contributed by atoms with Crippen LogP contribution in [0.4, 0.5) is 0 Å². The maximum atomic E-state index is 6.39. The molecule has 0 aliphatic heterocycles. The van der Waals surface area contributed by atoms with E-state index in [-0.39, 0.29) is 5.54 Å². The molecule has 0 radical (unpaired) electrons. The van der Waals surface area contributed by atoms with Crippen molar-refractivity contribution in [2.75, 3.05) is 0 Å². The maximum absolute atomic E-state index is 6.39. The number of nitrogens with two attached hydrogens (primary N) is 1. The molecule has 1 atom stereocenters. The zero-order valence-corrected chi connectivity index (χ0v) is 10.6. The Labute approximate surface area is 101 Å². The van der Waals surface area contributed by atoms with E-state index in [2.05, 4.69) is 55.6 Å². The van der Waals surface area contributed by atoms with Crippen LogP contribution in [0.2, 0.25) is 0 Å². The number of hydrogen-bond donors (Lipinski definition) is 1. The van der Waals surface area contributed by atoms with E-state index in [4.69, 9.17) is 5.73 Å². The second-order valence-electron chi connectivity index (χ2n) is 4.54. The van der Waals surface area contributed by atoms with Gasteiger partial charge in [-0.3, -0.25) is 0 Å². The van der Waals surface area contributed by atoms with Crippen LogP contribution in [-0.2, 0) is 12.0 Å². The molecule has 0 saturated carbocycles. The number of aryl methyl sites for hydroxylation is 1. The van der Waals surface area contributed by atoms with Crippen LogP contribution in [0.3, 0.4) is 0 Å². The van der Waals surface area contributed by atoms with Crippen LogP contribution in [0.5, 0.6) is 0 Å². The second kappa shape index (κ2) is 4.40. The van der Waals surface area contributed by atoms with Crippen LogP contribution >= 0.6 is 11.3 Å². The molecule has 1 nitrogen and oxygen atoms in total. The number of thiophene rings is 1. The lowest BCUT2D eigenvalue weighted by Crippen LogP contribution is -2.35. The van der Waals surface area contributed by atoms with Crippen LogP contribution in [0.1, 0.15) is 22.9 Å². The first kappa shape index (κ1) is 11.4. The number of rotatable bonds is 3. The molecule has 84 valence electrons. The molecule has 0 fully saturated rings. The lowest BCUT2D eigenvalue weighted by Gasteiger charge is -2.24. The summed E-state index contributed by atoms with van der Waals surface area (Å²) in [6, 6.07) is 12.7. The van der Waals surface area contributed by atoms with Crippen molar-refractivity contribution in [3.63, 3.8) is 0 Å². The smallest absolute Gasteiger partial charge is 0.0429 e. The van der Waals surface area contributed by atoms with E-state index >= 15 is 0 Å². The first-order chi connectivity index (χ1) is 7.58. The van der Waals surface area contributed by atoms with Gasteiger partial charge in [-0.25, -0.2) is 0 Å². The molecule has 16 heavy (non-hydrogen) atoms. The molecule has 1 aromatic carbocycles. The third-order valence-electron chi connectivity index (χ3n) is 2.83. The molecule has 2 rings (SSSR count). The minimum Gasteiger partial charge on any atom is -0.321 e. The highest BCUT2D eigenvalue weighted by Crippen LogP contribution is 2.25. The van der Waals surface area contributed by atoms with Crippen LogP contribution in [0.25, 0.3) is 0 Å².